The van der Waals surface area contributed by atoms with Crippen LogP contribution in [-0.2, 0) is 6.61 Å². The summed E-state index contributed by atoms with van der Waals surface area (Å²) >= 11 is 0. The first-order valence-corrected chi connectivity index (χ1v) is 4.34. The SMILES string of the molecule is NC(CCO)c1ccc(CO)cc1. The summed E-state index contributed by atoms with van der Waals surface area (Å²) in [5.41, 5.74) is 7.64. The average molecular weight is 181 g/mol. The van der Waals surface area contributed by atoms with Crippen molar-refractivity contribution >= 4 is 0 Å². The molecule has 1 rings (SSSR count). The van der Waals surface area contributed by atoms with E-state index < -0.39 is 0 Å². The Kier molecular flexibility index (Phi) is 3.89. The molecule has 0 amide bonds. The van der Waals surface area contributed by atoms with Crippen molar-refractivity contribution in [1.29, 1.82) is 0 Å². The van der Waals surface area contributed by atoms with E-state index in [9.17, 15) is 0 Å². The average Bonchev–Trinajstić information content (AvgIpc) is 2.18. The molecule has 0 aliphatic carbocycles. The van der Waals surface area contributed by atoms with Crippen LogP contribution in [0.1, 0.15) is 23.6 Å². The van der Waals surface area contributed by atoms with Crippen molar-refractivity contribution in [1.82, 2.24) is 0 Å². The number of benzene rings is 1. The van der Waals surface area contributed by atoms with E-state index in [1.54, 1.807) is 0 Å². The van der Waals surface area contributed by atoms with E-state index >= 15 is 0 Å². The molecule has 0 aromatic heterocycles. The number of aliphatic hydroxyl groups is 2. The smallest absolute Gasteiger partial charge is 0.0681 e. The Morgan fingerprint density at radius 3 is 2.23 bits per heavy atom. The Labute approximate surface area is 77.8 Å². The van der Waals surface area contributed by atoms with Gasteiger partial charge in [0.05, 0.1) is 6.61 Å². The summed E-state index contributed by atoms with van der Waals surface area (Å²) < 4.78 is 0. The molecule has 4 N–H and O–H groups in total. The maximum atomic E-state index is 8.80. The second kappa shape index (κ2) is 4.97. The first kappa shape index (κ1) is 10.2. The third kappa shape index (κ3) is 2.81. The van der Waals surface area contributed by atoms with E-state index in [-0.39, 0.29) is 19.3 Å². The van der Waals surface area contributed by atoms with Crippen LogP contribution in [0.2, 0.25) is 0 Å². The van der Waals surface area contributed by atoms with Crippen molar-refractivity contribution in [3.8, 4) is 0 Å². The van der Waals surface area contributed by atoms with Gasteiger partial charge in [-0.3, -0.25) is 0 Å². The first-order valence-electron chi connectivity index (χ1n) is 4.34. The largest absolute Gasteiger partial charge is 0.396 e. The zero-order chi connectivity index (χ0) is 9.68. The topological polar surface area (TPSA) is 66.5 Å². The van der Waals surface area contributed by atoms with Crippen LogP contribution in [-0.4, -0.2) is 16.8 Å². The van der Waals surface area contributed by atoms with Gasteiger partial charge < -0.3 is 15.9 Å². The van der Waals surface area contributed by atoms with Crippen molar-refractivity contribution in [3.63, 3.8) is 0 Å². The molecule has 1 aromatic carbocycles. The molecule has 0 spiro atoms. The molecule has 1 aromatic rings. The van der Waals surface area contributed by atoms with Gasteiger partial charge in [-0.1, -0.05) is 24.3 Å². The highest BCUT2D eigenvalue weighted by Crippen LogP contribution is 2.14. The van der Waals surface area contributed by atoms with Gasteiger partial charge in [-0.25, -0.2) is 0 Å². The summed E-state index contributed by atoms with van der Waals surface area (Å²) in [7, 11) is 0. The molecule has 13 heavy (non-hydrogen) atoms. The fraction of sp³-hybridized carbons (Fsp3) is 0.400. The lowest BCUT2D eigenvalue weighted by molar-refractivity contribution is 0.276. The lowest BCUT2D eigenvalue weighted by Crippen LogP contribution is -2.11. The van der Waals surface area contributed by atoms with E-state index in [1.807, 2.05) is 24.3 Å². The highest BCUT2D eigenvalue weighted by Gasteiger charge is 2.03. The van der Waals surface area contributed by atoms with E-state index in [0.29, 0.717) is 6.42 Å². The minimum atomic E-state index is -0.113. The lowest BCUT2D eigenvalue weighted by atomic mass is 10.0. The minimum Gasteiger partial charge on any atom is -0.396 e. The monoisotopic (exact) mass is 181 g/mol. The molecule has 0 saturated heterocycles. The van der Waals surface area contributed by atoms with Crippen LogP contribution in [0.15, 0.2) is 24.3 Å². The maximum Gasteiger partial charge on any atom is 0.0681 e. The number of rotatable bonds is 4. The summed E-state index contributed by atoms with van der Waals surface area (Å²) in [5, 5.41) is 17.5. The molecule has 0 aliphatic heterocycles. The fourth-order valence-electron chi connectivity index (χ4n) is 1.18. The number of nitrogens with two attached hydrogens (primary N) is 1. The predicted octanol–water partition coefficient (Wildman–Crippen LogP) is 0.561. The van der Waals surface area contributed by atoms with Crippen LogP contribution >= 0.6 is 0 Å². The fourth-order valence-corrected chi connectivity index (χ4v) is 1.18. The summed E-state index contributed by atoms with van der Waals surface area (Å²) in [6.07, 6.45) is 0.568. The van der Waals surface area contributed by atoms with Gasteiger partial charge in [-0.05, 0) is 17.5 Å². The van der Waals surface area contributed by atoms with Crippen LogP contribution in [0.25, 0.3) is 0 Å². The van der Waals surface area contributed by atoms with Crippen molar-refractivity contribution in [2.24, 2.45) is 5.73 Å². The molecule has 0 saturated carbocycles. The third-order valence-electron chi connectivity index (χ3n) is 2.03. The molecular formula is C10H15NO2. The first-order chi connectivity index (χ1) is 6.27. The van der Waals surface area contributed by atoms with Crippen LogP contribution in [0.5, 0.6) is 0 Å². The van der Waals surface area contributed by atoms with Crippen LogP contribution in [0, 0.1) is 0 Å². The maximum absolute atomic E-state index is 8.80. The van der Waals surface area contributed by atoms with E-state index in [0.717, 1.165) is 11.1 Å². The van der Waals surface area contributed by atoms with Gasteiger partial charge in [0.1, 0.15) is 0 Å². The Morgan fingerprint density at radius 1 is 1.15 bits per heavy atom. The summed E-state index contributed by atoms with van der Waals surface area (Å²) in [6, 6.07) is 7.33. The zero-order valence-electron chi connectivity index (χ0n) is 7.48. The minimum absolute atomic E-state index is 0.0511. The molecule has 3 heteroatoms. The number of aliphatic hydroxyl groups excluding tert-OH is 2. The van der Waals surface area contributed by atoms with Crippen molar-refractivity contribution < 1.29 is 10.2 Å². The van der Waals surface area contributed by atoms with Gasteiger partial charge in [0, 0.05) is 12.6 Å². The van der Waals surface area contributed by atoms with Gasteiger partial charge in [-0.2, -0.15) is 0 Å². The quantitative estimate of drug-likeness (QED) is 0.636. The van der Waals surface area contributed by atoms with Crippen molar-refractivity contribution in [3.05, 3.63) is 35.4 Å². The Bertz CT molecular complexity index is 246. The molecule has 3 nitrogen and oxygen atoms in total. The lowest BCUT2D eigenvalue weighted by Gasteiger charge is -2.10. The molecule has 0 fully saturated rings. The van der Waals surface area contributed by atoms with Crippen molar-refractivity contribution in [2.75, 3.05) is 6.61 Å². The van der Waals surface area contributed by atoms with E-state index in [1.165, 1.54) is 0 Å². The van der Waals surface area contributed by atoms with Gasteiger partial charge in [0.15, 0.2) is 0 Å². The molecule has 0 heterocycles. The standard InChI is InChI=1S/C10H15NO2/c11-10(5-6-12)9-3-1-8(7-13)2-4-9/h1-4,10,12-13H,5-7,11H2. The van der Waals surface area contributed by atoms with Gasteiger partial charge in [-0.15, -0.1) is 0 Å². The third-order valence-corrected chi connectivity index (χ3v) is 2.03. The second-order valence-corrected chi connectivity index (χ2v) is 3.02. The molecule has 1 atom stereocenters. The summed E-state index contributed by atoms with van der Waals surface area (Å²) in [6.45, 7) is 0.151. The second-order valence-electron chi connectivity index (χ2n) is 3.02. The predicted molar refractivity (Wildman–Crippen MR) is 51.0 cm³/mol. The van der Waals surface area contributed by atoms with Crippen LogP contribution < -0.4 is 5.73 Å². The Balaban J connectivity index is 2.67. The van der Waals surface area contributed by atoms with Gasteiger partial charge >= 0.3 is 0 Å². The van der Waals surface area contributed by atoms with Gasteiger partial charge in [0.25, 0.3) is 0 Å². The zero-order valence-corrected chi connectivity index (χ0v) is 7.48. The summed E-state index contributed by atoms with van der Waals surface area (Å²) in [4.78, 5) is 0. The highest BCUT2D eigenvalue weighted by molar-refractivity contribution is 5.24. The Morgan fingerprint density at radius 2 is 1.77 bits per heavy atom. The Hall–Kier alpha value is -0.900. The molecule has 0 radical (unpaired) electrons. The van der Waals surface area contributed by atoms with Crippen molar-refractivity contribution in [2.45, 2.75) is 19.1 Å². The molecule has 0 aliphatic rings. The molecular weight excluding hydrogens is 166 g/mol. The van der Waals surface area contributed by atoms with Crippen LogP contribution in [0.3, 0.4) is 0 Å². The molecule has 72 valence electrons. The van der Waals surface area contributed by atoms with E-state index in [4.69, 9.17) is 15.9 Å². The number of hydrogen-bond acceptors (Lipinski definition) is 3. The summed E-state index contributed by atoms with van der Waals surface area (Å²) in [5.74, 6) is 0. The molecule has 1 unspecified atom stereocenters. The highest BCUT2D eigenvalue weighted by atomic mass is 16.3. The van der Waals surface area contributed by atoms with E-state index in [2.05, 4.69) is 0 Å². The normalized spacial score (nSPS) is 12.8. The van der Waals surface area contributed by atoms with Gasteiger partial charge in [0.2, 0.25) is 0 Å². The van der Waals surface area contributed by atoms with Crippen LogP contribution in [0.4, 0.5) is 0 Å². The number of hydrogen-bond donors (Lipinski definition) is 3. The molecule has 0 bridgehead atoms.